The average Bonchev–Trinajstić information content (AvgIpc) is 3.10. The molecule has 2 aromatic heterocycles. The zero-order valence-corrected chi connectivity index (χ0v) is 18.5. The minimum absolute atomic E-state index is 0.0285. The van der Waals surface area contributed by atoms with Gasteiger partial charge in [-0.05, 0) is 52.3 Å². The number of aryl methyl sites for hydroxylation is 1. The maximum Gasteiger partial charge on any atom is 0.416 e. The number of methoxy groups -OCH3 is 1. The molecule has 0 spiro atoms. The van der Waals surface area contributed by atoms with Crippen molar-refractivity contribution in [3.8, 4) is 5.75 Å². The number of unbranched alkanes of at least 4 members (excludes halogenated alkanes) is 1. The number of aromatic nitrogens is 4. The fourth-order valence-electron chi connectivity index (χ4n) is 3.29. The molecule has 3 aromatic rings. The van der Waals surface area contributed by atoms with Gasteiger partial charge in [-0.3, -0.25) is 4.40 Å². The Hall–Kier alpha value is -3.24. The number of anilines is 1. The number of hydrogen-bond donors (Lipinski definition) is 2. The Morgan fingerprint density at radius 3 is 2.56 bits per heavy atom. The molecule has 0 saturated heterocycles. The first kappa shape index (κ1) is 23.4. The van der Waals surface area contributed by atoms with E-state index in [1.165, 1.54) is 7.11 Å². The fourth-order valence-corrected chi connectivity index (χ4v) is 3.29. The normalized spacial score (nSPS) is 11.9. The molecule has 0 radical (unpaired) electrons. The molecule has 0 aliphatic carbocycles. The van der Waals surface area contributed by atoms with Gasteiger partial charge in [0, 0.05) is 13.1 Å². The first-order valence-corrected chi connectivity index (χ1v) is 10.3. The summed E-state index contributed by atoms with van der Waals surface area (Å²) in [5.41, 5.74) is 0.0531. The lowest BCUT2D eigenvalue weighted by Gasteiger charge is -2.15. The number of ether oxygens (including phenoxy) is 2. The van der Waals surface area contributed by atoms with Crippen molar-refractivity contribution in [1.29, 1.82) is 0 Å². The summed E-state index contributed by atoms with van der Waals surface area (Å²) in [6.07, 6.45) is -2.80. The predicted molar refractivity (Wildman–Crippen MR) is 116 cm³/mol. The van der Waals surface area contributed by atoms with Gasteiger partial charge in [0.25, 0.3) is 0 Å². The molecule has 1 aromatic carbocycles. The lowest BCUT2D eigenvalue weighted by molar-refractivity contribution is -0.137. The van der Waals surface area contributed by atoms with E-state index in [0.717, 1.165) is 25.0 Å². The minimum Gasteiger partial charge on any atom is -0.494 e. The molecular weight excluding hydrogens is 425 g/mol. The number of alkyl halides is 3. The Morgan fingerprint density at radius 1 is 1.19 bits per heavy atom. The van der Waals surface area contributed by atoms with Crippen molar-refractivity contribution >= 4 is 22.5 Å². The highest BCUT2D eigenvalue weighted by Gasteiger charge is 2.32. The second kappa shape index (κ2) is 9.49. The zero-order valence-electron chi connectivity index (χ0n) is 18.5. The first-order valence-electron chi connectivity index (χ1n) is 10.3. The molecule has 3 rings (SSSR count). The number of benzene rings is 1. The Balaban J connectivity index is 1.80. The van der Waals surface area contributed by atoms with E-state index in [9.17, 15) is 13.2 Å². The highest BCUT2D eigenvalue weighted by molar-refractivity contribution is 5.88. The number of fused-ring (bicyclic) bond motifs is 3. The molecule has 174 valence electrons. The summed E-state index contributed by atoms with van der Waals surface area (Å²) in [4.78, 5) is 4.51. The van der Waals surface area contributed by atoms with Gasteiger partial charge in [0.1, 0.15) is 17.1 Å². The number of nitrogens with zero attached hydrogens (tertiary/aromatic N) is 4. The van der Waals surface area contributed by atoms with Crippen LogP contribution in [-0.4, -0.2) is 45.9 Å². The molecule has 0 unspecified atom stereocenters. The van der Waals surface area contributed by atoms with Gasteiger partial charge >= 0.3 is 6.18 Å². The summed E-state index contributed by atoms with van der Waals surface area (Å²) >= 11 is 0. The summed E-state index contributed by atoms with van der Waals surface area (Å²) in [5.74, 6) is 1.44. The van der Waals surface area contributed by atoms with E-state index >= 15 is 0 Å². The van der Waals surface area contributed by atoms with Crippen molar-refractivity contribution in [2.45, 2.75) is 45.9 Å². The number of halogens is 3. The summed E-state index contributed by atoms with van der Waals surface area (Å²) in [6.45, 7) is 10.6. The second-order valence-electron chi connectivity index (χ2n) is 7.56. The van der Waals surface area contributed by atoms with Gasteiger partial charge in [-0.2, -0.15) is 13.2 Å². The molecule has 11 heteroatoms. The van der Waals surface area contributed by atoms with Crippen LogP contribution in [0.4, 0.5) is 19.0 Å². The SMILES string of the molecule is C=C(NCCCCNc1nc2c(OC)cc(C(F)(F)F)cc2n2c(C)nnc12)OC(C)C. The number of rotatable bonds is 10. The molecule has 2 N–H and O–H groups in total. The average molecular weight is 452 g/mol. The van der Waals surface area contributed by atoms with Crippen LogP contribution in [0.3, 0.4) is 0 Å². The topological polar surface area (TPSA) is 85.6 Å². The molecular formula is C21H27F3N6O2. The van der Waals surface area contributed by atoms with Gasteiger partial charge in [0.05, 0.1) is 24.3 Å². The van der Waals surface area contributed by atoms with Gasteiger partial charge in [-0.1, -0.05) is 0 Å². The quantitative estimate of drug-likeness (QED) is 0.351. The molecule has 8 nitrogen and oxygen atoms in total. The van der Waals surface area contributed by atoms with Crippen LogP contribution < -0.4 is 15.4 Å². The Morgan fingerprint density at radius 2 is 1.91 bits per heavy atom. The minimum atomic E-state index is -4.52. The van der Waals surface area contributed by atoms with E-state index in [4.69, 9.17) is 9.47 Å². The molecule has 0 saturated carbocycles. The Labute approximate surface area is 183 Å². The third-order valence-corrected chi connectivity index (χ3v) is 4.70. The highest BCUT2D eigenvalue weighted by Crippen LogP contribution is 2.37. The van der Waals surface area contributed by atoms with Crippen LogP contribution in [0.15, 0.2) is 24.6 Å². The van der Waals surface area contributed by atoms with Crippen LogP contribution >= 0.6 is 0 Å². The maximum absolute atomic E-state index is 13.4. The first-order chi connectivity index (χ1) is 15.1. The molecule has 0 bridgehead atoms. The fraction of sp³-hybridized carbons (Fsp3) is 0.476. The van der Waals surface area contributed by atoms with Crippen molar-refractivity contribution in [2.75, 3.05) is 25.5 Å². The van der Waals surface area contributed by atoms with Crippen LogP contribution in [-0.2, 0) is 10.9 Å². The van der Waals surface area contributed by atoms with Crippen LogP contribution in [0.2, 0.25) is 0 Å². The number of nitrogens with one attached hydrogen (secondary N) is 2. The van der Waals surface area contributed by atoms with E-state index in [0.29, 0.717) is 41.8 Å². The lowest BCUT2D eigenvalue weighted by Crippen LogP contribution is -2.19. The zero-order chi connectivity index (χ0) is 23.5. The molecule has 32 heavy (non-hydrogen) atoms. The van der Waals surface area contributed by atoms with Crippen LogP contribution in [0.5, 0.6) is 5.75 Å². The summed E-state index contributed by atoms with van der Waals surface area (Å²) in [6, 6.07) is 1.98. The van der Waals surface area contributed by atoms with Crippen molar-refractivity contribution in [1.82, 2.24) is 24.9 Å². The third-order valence-electron chi connectivity index (χ3n) is 4.70. The third kappa shape index (κ3) is 5.14. The molecule has 0 aliphatic heterocycles. The standard InChI is InChI=1S/C21H27F3N6O2/c1-12(2)32-14(4)25-8-6-7-9-26-19-20-29-28-13(3)30(20)16-10-15(21(22,23)24)11-17(31-5)18(16)27-19/h10-12,25H,4,6-9H2,1-3,5H3,(H,26,27). The summed E-state index contributed by atoms with van der Waals surface area (Å²) in [7, 11) is 1.32. The van der Waals surface area contributed by atoms with Crippen molar-refractivity contribution in [3.05, 3.63) is 36.0 Å². The van der Waals surface area contributed by atoms with Gasteiger partial charge in [-0.25, -0.2) is 4.98 Å². The molecule has 0 amide bonds. The van der Waals surface area contributed by atoms with Crippen LogP contribution in [0, 0.1) is 6.92 Å². The van der Waals surface area contributed by atoms with Crippen molar-refractivity contribution in [2.24, 2.45) is 0 Å². The van der Waals surface area contributed by atoms with E-state index in [1.54, 1.807) is 11.3 Å². The highest BCUT2D eigenvalue weighted by atomic mass is 19.4. The summed E-state index contributed by atoms with van der Waals surface area (Å²) in [5, 5.41) is 14.5. The molecule has 0 aliphatic rings. The Bertz CT molecular complexity index is 1110. The van der Waals surface area contributed by atoms with Crippen molar-refractivity contribution in [3.63, 3.8) is 0 Å². The number of hydrogen-bond acceptors (Lipinski definition) is 7. The van der Waals surface area contributed by atoms with Gasteiger partial charge in [0.2, 0.25) is 5.65 Å². The van der Waals surface area contributed by atoms with Gasteiger partial charge < -0.3 is 20.1 Å². The van der Waals surface area contributed by atoms with E-state index in [2.05, 4.69) is 32.4 Å². The lowest BCUT2D eigenvalue weighted by atomic mass is 10.1. The van der Waals surface area contributed by atoms with E-state index in [1.807, 2.05) is 13.8 Å². The monoisotopic (exact) mass is 452 g/mol. The molecule has 2 heterocycles. The van der Waals surface area contributed by atoms with Gasteiger partial charge in [0.15, 0.2) is 11.7 Å². The van der Waals surface area contributed by atoms with E-state index < -0.39 is 11.7 Å². The van der Waals surface area contributed by atoms with Gasteiger partial charge in [-0.15, -0.1) is 10.2 Å². The largest absolute Gasteiger partial charge is 0.494 e. The molecule has 0 fully saturated rings. The maximum atomic E-state index is 13.4. The van der Waals surface area contributed by atoms with Crippen LogP contribution in [0.1, 0.15) is 38.1 Å². The van der Waals surface area contributed by atoms with E-state index in [-0.39, 0.29) is 17.4 Å². The van der Waals surface area contributed by atoms with Crippen LogP contribution in [0.25, 0.3) is 16.7 Å². The van der Waals surface area contributed by atoms with Crippen molar-refractivity contribution < 1.29 is 22.6 Å². The Kier molecular flexibility index (Phi) is 6.95. The predicted octanol–water partition coefficient (Wildman–Crippen LogP) is 4.29. The summed E-state index contributed by atoms with van der Waals surface area (Å²) < 4.78 is 52.3. The smallest absolute Gasteiger partial charge is 0.416 e. The second-order valence-corrected chi connectivity index (χ2v) is 7.56. The molecule has 0 atom stereocenters.